The van der Waals surface area contributed by atoms with Crippen molar-refractivity contribution in [3.8, 4) is 0 Å². The zero-order valence-corrected chi connectivity index (χ0v) is 10.3. The van der Waals surface area contributed by atoms with Crippen LogP contribution in [0.4, 0.5) is 17.6 Å². The van der Waals surface area contributed by atoms with Crippen molar-refractivity contribution in [3.05, 3.63) is 0 Å². The van der Waals surface area contributed by atoms with Crippen molar-refractivity contribution in [2.75, 3.05) is 32.8 Å². The van der Waals surface area contributed by atoms with E-state index in [1.54, 1.807) is 0 Å². The highest BCUT2D eigenvalue weighted by atomic mass is 19.3. The fourth-order valence-electron chi connectivity index (χ4n) is 1.78. The summed E-state index contributed by atoms with van der Waals surface area (Å²) in [5.74, 6) is -3.86. The number of alkyl halides is 4. The molecule has 0 bridgehead atoms. The molecule has 18 heavy (non-hydrogen) atoms. The van der Waals surface area contributed by atoms with Gasteiger partial charge in [0.15, 0.2) is 0 Å². The van der Waals surface area contributed by atoms with Gasteiger partial charge in [0, 0.05) is 13.1 Å². The van der Waals surface area contributed by atoms with Gasteiger partial charge in [-0.15, -0.1) is 0 Å². The molecule has 7 heteroatoms. The van der Waals surface area contributed by atoms with Gasteiger partial charge in [-0.2, -0.15) is 8.78 Å². The zero-order chi connectivity index (χ0) is 13.8. The Kier molecular flexibility index (Phi) is 5.81. The Labute approximate surface area is 104 Å². The van der Waals surface area contributed by atoms with E-state index >= 15 is 0 Å². The minimum Gasteiger partial charge on any atom is -0.392 e. The molecule has 1 aliphatic rings. The van der Waals surface area contributed by atoms with E-state index in [2.05, 4.69) is 4.74 Å². The number of ether oxygens (including phenoxy) is 1. The number of nitrogens with zero attached hydrogens (tertiary/aromatic N) is 1. The van der Waals surface area contributed by atoms with Crippen LogP contribution in [-0.2, 0) is 4.74 Å². The van der Waals surface area contributed by atoms with Crippen molar-refractivity contribution in [2.45, 2.75) is 31.8 Å². The van der Waals surface area contributed by atoms with Crippen molar-refractivity contribution < 1.29 is 27.4 Å². The Balaban J connectivity index is 2.15. The molecule has 2 atom stereocenters. The normalized spacial score (nSPS) is 26.8. The first-order valence-electron chi connectivity index (χ1n) is 5.97. The minimum absolute atomic E-state index is 0.0383. The Hall–Kier alpha value is -0.400. The summed E-state index contributed by atoms with van der Waals surface area (Å²) in [6.07, 6.45) is -3.30. The summed E-state index contributed by atoms with van der Waals surface area (Å²) in [7, 11) is 0. The predicted molar refractivity (Wildman–Crippen MR) is 58.0 cm³/mol. The maximum Gasteiger partial charge on any atom is 0.330 e. The van der Waals surface area contributed by atoms with E-state index in [1.807, 2.05) is 11.8 Å². The molecule has 1 rings (SSSR count). The molecule has 0 aromatic heterocycles. The molecular formula is C11H19F4NO2. The van der Waals surface area contributed by atoms with Gasteiger partial charge < -0.3 is 9.84 Å². The summed E-state index contributed by atoms with van der Waals surface area (Å²) in [5, 5.41) is 9.61. The van der Waals surface area contributed by atoms with E-state index in [-0.39, 0.29) is 12.5 Å². The maximum atomic E-state index is 12.5. The van der Waals surface area contributed by atoms with E-state index in [0.29, 0.717) is 13.1 Å². The summed E-state index contributed by atoms with van der Waals surface area (Å²) in [4.78, 5) is 1.88. The Morgan fingerprint density at radius 2 is 2.11 bits per heavy atom. The lowest BCUT2D eigenvalue weighted by atomic mass is 9.96. The van der Waals surface area contributed by atoms with Crippen molar-refractivity contribution in [3.63, 3.8) is 0 Å². The molecule has 3 nitrogen and oxygen atoms in total. The highest BCUT2D eigenvalue weighted by Gasteiger charge is 2.40. The number of hydrogen-bond donors (Lipinski definition) is 1. The van der Waals surface area contributed by atoms with Gasteiger partial charge in [-0.3, -0.25) is 4.90 Å². The van der Waals surface area contributed by atoms with Gasteiger partial charge in [0.2, 0.25) is 0 Å². The number of likely N-dealkylation sites (tertiary alicyclic amines) is 1. The molecule has 1 fully saturated rings. The number of rotatable bonds is 6. The smallest absolute Gasteiger partial charge is 0.330 e. The monoisotopic (exact) mass is 273 g/mol. The first kappa shape index (κ1) is 15.7. The van der Waals surface area contributed by atoms with Crippen molar-refractivity contribution in [1.29, 1.82) is 0 Å². The quantitative estimate of drug-likeness (QED) is 0.589. The molecule has 0 saturated carbocycles. The highest BCUT2D eigenvalue weighted by Crippen LogP contribution is 2.23. The van der Waals surface area contributed by atoms with E-state index in [4.69, 9.17) is 0 Å². The van der Waals surface area contributed by atoms with Crippen molar-refractivity contribution in [2.24, 2.45) is 5.92 Å². The second-order valence-corrected chi connectivity index (χ2v) is 4.75. The SMILES string of the molecule is C[C@H]1CCN(CCOCC(F)(F)C(F)F)C[C@@H]1O. The molecule has 1 heterocycles. The van der Waals surface area contributed by atoms with Crippen LogP contribution in [0.5, 0.6) is 0 Å². The number of aliphatic hydroxyl groups excluding tert-OH is 1. The third-order valence-electron chi connectivity index (χ3n) is 3.17. The van der Waals surface area contributed by atoms with Crippen LogP contribution in [-0.4, -0.2) is 61.3 Å². The van der Waals surface area contributed by atoms with E-state index in [0.717, 1.165) is 13.0 Å². The number of hydrogen-bond acceptors (Lipinski definition) is 3. The van der Waals surface area contributed by atoms with Crippen LogP contribution >= 0.6 is 0 Å². The highest BCUT2D eigenvalue weighted by molar-refractivity contribution is 4.77. The third-order valence-corrected chi connectivity index (χ3v) is 3.17. The fraction of sp³-hybridized carbons (Fsp3) is 1.00. The van der Waals surface area contributed by atoms with Gasteiger partial charge in [-0.1, -0.05) is 6.92 Å². The van der Waals surface area contributed by atoms with Crippen molar-refractivity contribution in [1.82, 2.24) is 4.90 Å². The standard InChI is InChI=1S/C11H19F4NO2/c1-8-2-3-16(6-9(8)17)4-5-18-7-11(14,15)10(12)13/h8-10,17H,2-7H2,1H3/t8-,9-/m0/s1. The molecule has 0 unspecified atom stereocenters. The van der Waals surface area contributed by atoms with Crippen LogP contribution in [0.25, 0.3) is 0 Å². The summed E-state index contributed by atoms with van der Waals surface area (Å²) in [6.45, 7) is 2.23. The molecular weight excluding hydrogens is 254 g/mol. The number of piperidine rings is 1. The maximum absolute atomic E-state index is 12.5. The van der Waals surface area contributed by atoms with Gasteiger partial charge in [-0.25, -0.2) is 8.78 Å². The third kappa shape index (κ3) is 4.70. The molecule has 0 aliphatic carbocycles. The molecule has 0 spiro atoms. The Morgan fingerprint density at radius 1 is 1.44 bits per heavy atom. The fourth-order valence-corrected chi connectivity index (χ4v) is 1.78. The van der Waals surface area contributed by atoms with Crippen LogP contribution in [0.15, 0.2) is 0 Å². The number of aliphatic hydroxyl groups is 1. The van der Waals surface area contributed by atoms with Crippen LogP contribution in [0.2, 0.25) is 0 Å². The van der Waals surface area contributed by atoms with E-state index in [1.165, 1.54) is 0 Å². The lowest BCUT2D eigenvalue weighted by Crippen LogP contribution is -2.44. The lowest BCUT2D eigenvalue weighted by molar-refractivity contribution is -0.166. The van der Waals surface area contributed by atoms with Gasteiger partial charge in [0.05, 0.1) is 12.7 Å². The molecule has 1 saturated heterocycles. The molecule has 1 N–H and O–H groups in total. The molecule has 0 aromatic carbocycles. The Morgan fingerprint density at radius 3 is 2.67 bits per heavy atom. The average molecular weight is 273 g/mol. The number of halogens is 4. The predicted octanol–water partition coefficient (Wildman–Crippen LogP) is 1.61. The molecule has 0 amide bonds. The van der Waals surface area contributed by atoms with Gasteiger partial charge in [0.25, 0.3) is 0 Å². The number of β-amino-alcohol motifs (C(OH)–C–C–N with tert-alkyl or cyclic N) is 1. The average Bonchev–Trinajstić information content (AvgIpc) is 2.29. The summed E-state index contributed by atoms with van der Waals surface area (Å²) in [6, 6.07) is 0. The Bertz CT molecular complexity index is 253. The molecule has 0 aromatic rings. The zero-order valence-electron chi connectivity index (χ0n) is 10.3. The second-order valence-electron chi connectivity index (χ2n) is 4.75. The largest absolute Gasteiger partial charge is 0.392 e. The molecule has 0 radical (unpaired) electrons. The van der Waals surface area contributed by atoms with E-state index in [9.17, 15) is 22.7 Å². The van der Waals surface area contributed by atoms with Gasteiger partial charge >= 0.3 is 12.3 Å². The van der Waals surface area contributed by atoms with Crippen LogP contribution in [0, 0.1) is 5.92 Å². The van der Waals surface area contributed by atoms with Crippen LogP contribution in [0.1, 0.15) is 13.3 Å². The second kappa shape index (κ2) is 6.68. The lowest BCUT2D eigenvalue weighted by Gasteiger charge is -2.34. The minimum atomic E-state index is -4.09. The van der Waals surface area contributed by atoms with E-state index < -0.39 is 25.1 Å². The summed E-state index contributed by atoms with van der Waals surface area (Å²) in [5.41, 5.74) is 0. The van der Waals surface area contributed by atoms with Crippen LogP contribution in [0.3, 0.4) is 0 Å². The van der Waals surface area contributed by atoms with Gasteiger partial charge in [-0.05, 0) is 18.9 Å². The van der Waals surface area contributed by atoms with Gasteiger partial charge in [0.1, 0.15) is 6.61 Å². The first-order chi connectivity index (χ1) is 8.33. The first-order valence-corrected chi connectivity index (χ1v) is 5.97. The topological polar surface area (TPSA) is 32.7 Å². The van der Waals surface area contributed by atoms with Crippen molar-refractivity contribution >= 4 is 0 Å². The van der Waals surface area contributed by atoms with Crippen LogP contribution < -0.4 is 0 Å². The summed E-state index contributed by atoms with van der Waals surface area (Å²) < 4.78 is 53.2. The summed E-state index contributed by atoms with van der Waals surface area (Å²) >= 11 is 0. The molecule has 1 aliphatic heterocycles. The molecule has 108 valence electrons.